The molecule has 2 unspecified atom stereocenters. The number of phenols is 1. The van der Waals surface area contributed by atoms with Gasteiger partial charge in [-0.1, -0.05) is 13.0 Å². The van der Waals surface area contributed by atoms with E-state index in [9.17, 15) is 5.11 Å². The van der Waals surface area contributed by atoms with Crippen molar-refractivity contribution in [2.45, 2.75) is 32.9 Å². The van der Waals surface area contributed by atoms with Crippen LogP contribution in [-0.4, -0.2) is 49.3 Å². The van der Waals surface area contributed by atoms with Crippen LogP contribution in [0, 0.1) is 0 Å². The number of aromatic hydroxyl groups is 1. The molecule has 0 spiro atoms. The Bertz CT molecular complexity index is 449. The first-order valence-electron chi connectivity index (χ1n) is 7.54. The maximum Gasteiger partial charge on any atom is 0.122 e. The summed E-state index contributed by atoms with van der Waals surface area (Å²) >= 11 is 0. The topological polar surface area (TPSA) is 38.7 Å². The average Bonchev–Trinajstić information content (AvgIpc) is 2.38. The zero-order valence-corrected chi connectivity index (χ0v) is 13.1. The van der Waals surface area contributed by atoms with Crippen LogP contribution in [0.2, 0.25) is 0 Å². The number of phenolic OH excluding ortho intramolecular Hbond substituents is 1. The predicted octanol–water partition coefficient (Wildman–Crippen LogP) is 2.20. The average molecular weight is 277 g/mol. The number of nitrogens with one attached hydrogen (secondary N) is 1. The van der Waals surface area contributed by atoms with E-state index in [1.54, 1.807) is 0 Å². The summed E-state index contributed by atoms with van der Waals surface area (Å²) in [5.41, 5.74) is 2.09. The van der Waals surface area contributed by atoms with Crippen LogP contribution in [0.15, 0.2) is 18.2 Å². The van der Waals surface area contributed by atoms with Crippen LogP contribution in [0.25, 0.3) is 0 Å². The van der Waals surface area contributed by atoms with Gasteiger partial charge in [-0.05, 0) is 33.5 Å². The molecule has 2 rings (SSSR count). The molecule has 1 aliphatic heterocycles. The first-order chi connectivity index (χ1) is 9.52. The van der Waals surface area contributed by atoms with Crippen molar-refractivity contribution in [2.24, 2.45) is 0 Å². The van der Waals surface area contributed by atoms with Gasteiger partial charge in [0.05, 0.1) is 0 Å². The number of anilines is 1. The minimum atomic E-state index is 0.180. The highest BCUT2D eigenvalue weighted by molar-refractivity contribution is 5.55. The van der Waals surface area contributed by atoms with E-state index in [1.807, 2.05) is 12.1 Å². The number of benzene rings is 1. The van der Waals surface area contributed by atoms with Crippen LogP contribution >= 0.6 is 0 Å². The third-order valence-corrected chi connectivity index (χ3v) is 4.15. The van der Waals surface area contributed by atoms with E-state index >= 15 is 0 Å². The summed E-state index contributed by atoms with van der Waals surface area (Å²) in [6.45, 7) is 10.4. The van der Waals surface area contributed by atoms with Crippen molar-refractivity contribution >= 4 is 5.69 Å². The van der Waals surface area contributed by atoms with E-state index in [0.29, 0.717) is 11.8 Å². The Morgan fingerprint density at radius 1 is 1.40 bits per heavy atom. The van der Waals surface area contributed by atoms with Gasteiger partial charge in [0, 0.05) is 49.0 Å². The highest BCUT2D eigenvalue weighted by Gasteiger charge is 2.22. The molecule has 20 heavy (non-hydrogen) atoms. The molecule has 0 aromatic heterocycles. The summed E-state index contributed by atoms with van der Waals surface area (Å²) in [4.78, 5) is 4.73. The molecule has 0 saturated carbocycles. The number of hydrogen-bond acceptors (Lipinski definition) is 4. The Labute approximate surface area is 122 Å². The van der Waals surface area contributed by atoms with E-state index in [1.165, 1.54) is 0 Å². The molecule has 4 heteroatoms. The zero-order chi connectivity index (χ0) is 14.7. The van der Waals surface area contributed by atoms with Crippen molar-refractivity contribution in [3.05, 3.63) is 23.8 Å². The second-order valence-electron chi connectivity index (χ2n) is 5.83. The Morgan fingerprint density at radius 3 is 2.75 bits per heavy atom. The largest absolute Gasteiger partial charge is 0.508 e. The number of nitrogens with zero attached hydrogens (tertiary/aromatic N) is 2. The Hall–Kier alpha value is -1.26. The van der Waals surface area contributed by atoms with Crippen LogP contribution in [-0.2, 0) is 0 Å². The quantitative estimate of drug-likeness (QED) is 0.885. The maximum absolute atomic E-state index is 10.3. The summed E-state index contributed by atoms with van der Waals surface area (Å²) in [6.07, 6.45) is 0. The molecule has 1 fully saturated rings. The van der Waals surface area contributed by atoms with E-state index in [2.05, 4.69) is 49.0 Å². The fraction of sp³-hybridized carbons (Fsp3) is 0.625. The van der Waals surface area contributed by atoms with Gasteiger partial charge in [-0.2, -0.15) is 0 Å². The fourth-order valence-corrected chi connectivity index (χ4v) is 3.02. The molecule has 1 aliphatic rings. The lowest BCUT2D eigenvalue weighted by molar-refractivity contribution is 0.275. The Kier molecular flexibility index (Phi) is 4.89. The molecule has 1 aromatic carbocycles. The van der Waals surface area contributed by atoms with Gasteiger partial charge >= 0.3 is 0 Å². The van der Waals surface area contributed by atoms with Crippen molar-refractivity contribution < 1.29 is 5.11 Å². The summed E-state index contributed by atoms with van der Waals surface area (Å²) in [6, 6.07) is 6.74. The third kappa shape index (κ3) is 3.25. The summed E-state index contributed by atoms with van der Waals surface area (Å²) in [5, 5.41) is 13.6. The van der Waals surface area contributed by atoms with E-state index < -0.39 is 0 Å². The van der Waals surface area contributed by atoms with E-state index in [-0.39, 0.29) is 6.04 Å². The molecule has 0 aliphatic carbocycles. The predicted molar refractivity (Wildman–Crippen MR) is 84.5 cm³/mol. The molecule has 0 bridgehead atoms. The van der Waals surface area contributed by atoms with E-state index in [4.69, 9.17) is 0 Å². The van der Waals surface area contributed by atoms with Gasteiger partial charge in [0.25, 0.3) is 0 Å². The zero-order valence-electron chi connectivity index (χ0n) is 13.1. The summed E-state index contributed by atoms with van der Waals surface area (Å²) < 4.78 is 0. The minimum Gasteiger partial charge on any atom is -0.508 e. The highest BCUT2D eigenvalue weighted by Crippen LogP contribution is 2.30. The van der Waals surface area contributed by atoms with Crippen LogP contribution in [0.5, 0.6) is 5.75 Å². The maximum atomic E-state index is 10.3. The lowest BCUT2D eigenvalue weighted by atomic mass is 10.0. The molecule has 1 heterocycles. The van der Waals surface area contributed by atoms with Gasteiger partial charge in [0.15, 0.2) is 0 Å². The molecule has 0 radical (unpaired) electrons. The minimum absolute atomic E-state index is 0.180. The Morgan fingerprint density at radius 2 is 2.15 bits per heavy atom. The molecule has 0 amide bonds. The second-order valence-corrected chi connectivity index (χ2v) is 5.83. The standard InChI is InChI=1S/C16H27N3O/c1-5-17-13(3)15-7-6-14(10-16(15)20)19-9-8-18(4)11-12(19)2/h6-7,10,12-13,17,20H,5,8-9,11H2,1-4H3. The number of hydrogen-bond donors (Lipinski definition) is 2. The first kappa shape index (κ1) is 15.1. The van der Waals surface area contributed by atoms with Crippen LogP contribution in [0.4, 0.5) is 5.69 Å². The van der Waals surface area contributed by atoms with Gasteiger partial charge in [-0.25, -0.2) is 0 Å². The highest BCUT2D eigenvalue weighted by atomic mass is 16.3. The van der Waals surface area contributed by atoms with Gasteiger partial charge in [-0.15, -0.1) is 0 Å². The monoisotopic (exact) mass is 277 g/mol. The Balaban J connectivity index is 2.16. The molecule has 2 atom stereocenters. The third-order valence-electron chi connectivity index (χ3n) is 4.15. The number of likely N-dealkylation sites (N-methyl/N-ethyl adjacent to an activating group) is 1. The molecule has 1 aromatic rings. The van der Waals surface area contributed by atoms with Crippen molar-refractivity contribution in [1.82, 2.24) is 10.2 Å². The van der Waals surface area contributed by atoms with Crippen molar-refractivity contribution in [3.63, 3.8) is 0 Å². The van der Waals surface area contributed by atoms with Gasteiger partial charge in [-0.3, -0.25) is 0 Å². The first-order valence-corrected chi connectivity index (χ1v) is 7.54. The fourth-order valence-electron chi connectivity index (χ4n) is 3.02. The molecule has 4 nitrogen and oxygen atoms in total. The van der Waals surface area contributed by atoms with Crippen molar-refractivity contribution in [1.29, 1.82) is 0 Å². The molecule has 112 valence electrons. The van der Waals surface area contributed by atoms with Gasteiger partial charge in [0.2, 0.25) is 0 Å². The van der Waals surface area contributed by atoms with Crippen molar-refractivity contribution in [3.8, 4) is 5.75 Å². The van der Waals surface area contributed by atoms with Crippen LogP contribution in [0.3, 0.4) is 0 Å². The second kappa shape index (κ2) is 6.46. The van der Waals surface area contributed by atoms with Crippen LogP contribution in [0.1, 0.15) is 32.4 Å². The lowest BCUT2D eigenvalue weighted by Crippen LogP contribution is -2.50. The summed E-state index contributed by atoms with van der Waals surface area (Å²) in [5.74, 6) is 0.391. The van der Waals surface area contributed by atoms with Gasteiger partial charge in [0.1, 0.15) is 5.75 Å². The number of rotatable bonds is 4. The smallest absolute Gasteiger partial charge is 0.122 e. The lowest BCUT2D eigenvalue weighted by Gasteiger charge is -2.40. The van der Waals surface area contributed by atoms with Crippen molar-refractivity contribution in [2.75, 3.05) is 38.1 Å². The van der Waals surface area contributed by atoms with E-state index in [0.717, 1.165) is 37.4 Å². The molecular formula is C16H27N3O. The van der Waals surface area contributed by atoms with Crippen LogP contribution < -0.4 is 10.2 Å². The van der Waals surface area contributed by atoms with Gasteiger partial charge < -0.3 is 20.2 Å². The molecule has 2 N–H and O–H groups in total. The SMILES string of the molecule is CCNC(C)c1ccc(N2CCN(C)CC2C)cc1O. The normalized spacial score (nSPS) is 22.0. The summed E-state index contributed by atoms with van der Waals surface area (Å²) in [7, 11) is 2.16. The molecule has 1 saturated heterocycles. The number of piperazine rings is 1. The molecular weight excluding hydrogens is 250 g/mol.